The van der Waals surface area contributed by atoms with Gasteiger partial charge in [-0.3, -0.25) is 9.20 Å². The molecule has 0 bridgehead atoms. The third-order valence-electron chi connectivity index (χ3n) is 5.58. The molecule has 5 rings (SSSR count). The highest BCUT2D eigenvalue weighted by molar-refractivity contribution is 7.99. The van der Waals surface area contributed by atoms with Crippen LogP contribution in [0.4, 0.5) is 0 Å². The number of amides is 1. The number of hydrogen-bond donors (Lipinski definition) is 1. The summed E-state index contributed by atoms with van der Waals surface area (Å²) in [7, 11) is 0. The van der Waals surface area contributed by atoms with E-state index in [1.165, 1.54) is 34.2 Å². The Kier molecular flexibility index (Phi) is 5.43. The third kappa shape index (κ3) is 3.81. The predicted octanol–water partition coefficient (Wildman–Crippen LogP) is 3.91. The van der Waals surface area contributed by atoms with Gasteiger partial charge < -0.3 is 5.32 Å². The lowest BCUT2D eigenvalue weighted by Crippen LogP contribution is -2.27. The molecule has 3 heterocycles. The second kappa shape index (κ2) is 8.35. The predicted molar refractivity (Wildman–Crippen MR) is 121 cm³/mol. The maximum atomic E-state index is 12.3. The number of hydrogen-bond acceptors (Lipinski definition) is 6. The number of thiophene rings is 1. The third-order valence-corrected chi connectivity index (χ3v) is 7.69. The molecule has 1 N–H and O–H groups in total. The van der Waals surface area contributed by atoms with Gasteiger partial charge in [-0.05, 0) is 42.7 Å². The number of nitrogens with zero attached hydrogens (tertiary/aromatic N) is 4. The van der Waals surface area contributed by atoms with Crippen LogP contribution in [0.25, 0.3) is 15.9 Å². The molecule has 1 aliphatic rings. The van der Waals surface area contributed by atoms with Crippen molar-refractivity contribution in [3.8, 4) is 0 Å². The van der Waals surface area contributed by atoms with Crippen molar-refractivity contribution in [2.45, 2.75) is 37.8 Å². The van der Waals surface area contributed by atoms with Crippen molar-refractivity contribution in [3.63, 3.8) is 0 Å². The van der Waals surface area contributed by atoms with Gasteiger partial charge in [0.25, 0.3) is 0 Å². The highest BCUT2D eigenvalue weighted by atomic mass is 32.2. The molecule has 0 radical (unpaired) electrons. The zero-order valence-electron chi connectivity index (χ0n) is 16.8. The number of aromatic nitrogens is 4. The highest BCUT2D eigenvalue weighted by Gasteiger charge is 2.24. The molecule has 8 heteroatoms. The van der Waals surface area contributed by atoms with Crippen molar-refractivity contribution < 1.29 is 4.79 Å². The average Bonchev–Trinajstić information content (AvgIpc) is 3.33. The van der Waals surface area contributed by atoms with Gasteiger partial charge in [0.05, 0.1) is 11.1 Å². The van der Waals surface area contributed by atoms with Crippen LogP contribution in [0.1, 0.15) is 29.3 Å². The first kappa shape index (κ1) is 19.5. The standard InChI is InChI=1S/C22H23N5OS2/c1-14-7-8-16-17(11-14)30-21-19(16)20-25-26-22(27(20)13-24-21)29-12-18(28)23-10-9-15-5-3-2-4-6-15/h2-6,13-14H,7-12H2,1H3,(H,23,28)/t14-/m1/s1. The summed E-state index contributed by atoms with van der Waals surface area (Å²) in [6.07, 6.45) is 6.03. The fraction of sp³-hybridized carbons (Fsp3) is 0.364. The van der Waals surface area contributed by atoms with Crippen LogP contribution in [0.15, 0.2) is 41.8 Å². The molecule has 1 amide bonds. The lowest BCUT2D eigenvalue weighted by Gasteiger charge is -2.17. The summed E-state index contributed by atoms with van der Waals surface area (Å²) in [5.41, 5.74) is 3.48. The van der Waals surface area contributed by atoms with Gasteiger partial charge in [-0.15, -0.1) is 21.5 Å². The van der Waals surface area contributed by atoms with Gasteiger partial charge in [0, 0.05) is 11.4 Å². The van der Waals surface area contributed by atoms with E-state index in [0.29, 0.717) is 17.5 Å². The quantitative estimate of drug-likeness (QED) is 0.463. The Labute approximate surface area is 183 Å². The molecular formula is C22H23N5OS2. The van der Waals surface area contributed by atoms with E-state index in [4.69, 9.17) is 0 Å². The molecule has 1 aliphatic carbocycles. The number of nitrogens with one attached hydrogen (secondary N) is 1. The van der Waals surface area contributed by atoms with Gasteiger partial charge in [-0.1, -0.05) is 49.0 Å². The maximum absolute atomic E-state index is 12.3. The molecule has 0 spiro atoms. The van der Waals surface area contributed by atoms with E-state index in [9.17, 15) is 4.79 Å². The Balaban J connectivity index is 1.27. The summed E-state index contributed by atoms with van der Waals surface area (Å²) in [6.45, 7) is 2.94. The number of fused-ring (bicyclic) bond motifs is 5. The number of thioether (sulfide) groups is 1. The summed E-state index contributed by atoms with van der Waals surface area (Å²) in [6, 6.07) is 10.2. The zero-order chi connectivity index (χ0) is 20.5. The molecule has 1 aromatic carbocycles. The number of carbonyl (C=O) groups excluding carboxylic acids is 1. The van der Waals surface area contributed by atoms with E-state index in [1.807, 2.05) is 22.6 Å². The first-order valence-electron chi connectivity index (χ1n) is 10.3. The minimum atomic E-state index is 0.00335. The lowest BCUT2D eigenvalue weighted by atomic mass is 9.89. The van der Waals surface area contributed by atoms with Gasteiger partial charge in [0.2, 0.25) is 5.91 Å². The molecular weight excluding hydrogens is 414 g/mol. The molecule has 4 aromatic rings. The van der Waals surface area contributed by atoms with Gasteiger partial charge in [-0.2, -0.15) is 0 Å². The Bertz CT molecular complexity index is 1200. The molecule has 30 heavy (non-hydrogen) atoms. The van der Waals surface area contributed by atoms with Crippen molar-refractivity contribution in [2.75, 3.05) is 12.3 Å². The molecule has 6 nitrogen and oxygen atoms in total. The van der Waals surface area contributed by atoms with E-state index in [0.717, 1.165) is 41.0 Å². The number of rotatable bonds is 6. The molecule has 0 saturated carbocycles. The minimum absolute atomic E-state index is 0.00335. The van der Waals surface area contributed by atoms with Crippen molar-refractivity contribution in [1.29, 1.82) is 0 Å². The number of carbonyl (C=O) groups is 1. The van der Waals surface area contributed by atoms with E-state index >= 15 is 0 Å². The fourth-order valence-corrected chi connectivity index (χ4v) is 6.07. The highest BCUT2D eigenvalue weighted by Crippen LogP contribution is 2.39. The normalized spacial score (nSPS) is 16.1. The first-order valence-corrected chi connectivity index (χ1v) is 12.1. The van der Waals surface area contributed by atoms with Crippen LogP contribution in [-0.4, -0.2) is 37.8 Å². The van der Waals surface area contributed by atoms with Crippen LogP contribution in [-0.2, 0) is 24.1 Å². The summed E-state index contributed by atoms with van der Waals surface area (Å²) >= 11 is 3.19. The van der Waals surface area contributed by atoms with E-state index in [1.54, 1.807) is 17.7 Å². The van der Waals surface area contributed by atoms with Crippen molar-refractivity contribution >= 4 is 44.9 Å². The van der Waals surface area contributed by atoms with Gasteiger partial charge in [0.1, 0.15) is 11.2 Å². The van der Waals surface area contributed by atoms with Gasteiger partial charge in [-0.25, -0.2) is 4.98 Å². The van der Waals surface area contributed by atoms with Gasteiger partial charge in [0.15, 0.2) is 10.8 Å². The first-order chi connectivity index (χ1) is 14.7. The Morgan fingerprint density at radius 3 is 3.03 bits per heavy atom. The number of aryl methyl sites for hydroxylation is 1. The van der Waals surface area contributed by atoms with E-state index in [-0.39, 0.29) is 5.91 Å². The average molecular weight is 438 g/mol. The van der Waals surface area contributed by atoms with Crippen LogP contribution >= 0.6 is 23.1 Å². The van der Waals surface area contributed by atoms with Crippen LogP contribution in [0.5, 0.6) is 0 Å². The second-order valence-electron chi connectivity index (χ2n) is 7.83. The van der Waals surface area contributed by atoms with Crippen LogP contribution in [0.3, 0.4) is 0 Å². The van der Waals surface area contributed by atoms with Crippen molar-refractivity contribution in [3.05, 3.63) is 52.7 Å². The SMILES string of the molecule is C[C@@H]1CCc2c(sc3ncn4c(SCC(=O)NCCc5ccccc5)nnc4c23)C1. The van der Waals surface area contributed by atoms with E-state index in [2.05, 4.69) is 39.6 Å². The molecule has 1 atom stereocenters. The molecule has 3 aromatic heterocycles. The van der Waals surface area contributed by atoms with Crippen LogP contribution in [0, 0.1) is 5.92 Å². The van der Waals surface area contributed by atoms with E-state index < -0.39 is 0 Å². The largest absolute Gasteiger partial charge is 0.355 e. The Morgan fingerprint density at radius 1 is 1.30 bits per heavy atom. The smallest absolute Gasteiger partial charge is 0.230 e. The maximum Gasteiger partial charge on any atom is 0.230 e. The Hall–Kier alpha value is -2.45. The molecule has 0 fully saturated rings. The van der Waals surface area contributed by atoms with Crippen LogP contribution in [0.2, 0.25) is 0 Å². The molecule has 0 aliphatic heterocycles. The minimum Gasteiger partial charge on any atom is -0.355 e. The molecule has 0 saturated heterocycles. The van der Waals surface area contributed by atoms with Crippen molar-refractivity contribution in [2.24, 2.45) is 5.92 Å². The fourth-order valence-electron chi connectivity index (χ4n) is 3.99. The second-order valence-corrected chi connectivity index (χ2v) is 9.85. The molecule has 154 valence electrons. The summed E-state index contributed by atoms with van der Waals surface area (Å²) in [5, 5.41) is 13.6. The molecule has 0 unspecified atom stereocenters. The summed E-state index contributed by atoms with van der Waals surface area (Å²) in [5.74, 6) is 1.04. The summed E-state index contributed by atoms with van der Waals surface area (Å²) < 4.78 is 1.93. The monoisotopic (exact) mass is 437 g/mol. The summed E-state index contributed by atoms with van der Waals surface area (Å²) in [4.78, 5) is 19.4. The lowest BCUT2D eigenvalue weighted by molar-refractivity contribution is -0.118. The number of benzene rings is 1. The topological polar surface area (TPSA) is 72.2 Å². The van der Waals surface area contributed by atoms with Crippen LogP contribution < -0.4 is 5.32 Å². The zero-order valence-corrected chi connectivity index (χ0v) is 18.4. The van der Waals surface area contributed by atoms with Gasteiger partial charge >= 0.3 is 0 Å². The van der Waals surface area contributed by atoms with Crippen molar-refractivity contribution in [1.82, 2.24) is 24.9 Å². The Morgan fingerprint density at radius 2 is 2.17 bits per heavy atom.